The first kappa shape index (κ1) is 23.7. The highest BCUT2D eigenvalue weighted by atomic mass is 35.5. The van der Waals surface area contributed by atoms with Crippen LogP contribution in [0.5, 0.6) is 0 Å². The smallest absolute Gasteiger partial charge is 0.258 e. The maximum atomic E-state index is 14.7. The fourth-order valence-electron chi connectivity index (χ4n) is 3.30. The zero-order valence-electron chi connectivity index (χ0n) is 18.0. The molecule has 2 unspecified atom stereocenters. The third-order valence-electron chi connectivity index (χ3n) is 4.77. The molecule has 0 radical (unpaired) electrons. The molecule has 7 heteroatoms. The van der Waals surface area contributed by atoms with Gasteiger partial charge < -0.3 is 14.7 Å². The molecule has 31 heavy (non-hydrogen) atoms. The van der Waals surface area contributed by atoms with Crippen molar-refractivity contribution in [2.75, 3.05) is 24.3 Å². The maximum Gasteiger partial charge on any atom is 0.258 e. The number of benzene rings is 3. The van der Waals surface area contributed by atoms with E-state index in [9.17, 15) is 4.57 Å². The van der Waals surface area contributed by atoms with Crippen LogP contribution in [-0.4, -0.2) is 20.2 Å². The van der Waals surface area contributed by atoms with Crippen molar-refractivity contribution >= 4 is 47.3 Å². The van der Waals surface area contributed by atoms with Crippen molar-refractivity contribution in [3.05, 3.63) is 88.4 Å². The van der Waals surface area contributed by atoms with Gasteiger partial charge in [-0.05, 0) is 62.4 Å². The molecule has 0 aliphatic heterocycles. The van der Waals surface area contributed by atoms with Gasteiger partial charge in [0, 0.05) is 46.4 Å². The molecule has 0 bridgehead atoms. The Labute approximate surface area is 194 Å². The van der Waals surface area contributed by atoms with E-state index < -0.39 is 13.2 Å². The number of nitrogens with one attached hydrogen (secondary N) is 1. The number of hydrogen-bond donors (Lipinski definition) is 1. The summed E-state index contributed by atoms with van der Waals surface area (Å²) in [4.78, 5) is 1.99. The van der Waals surface area contributed by atoms with Gasteiger partial charge in [-0.25, -0.2) is 0 Å². The number of anilines is 2. The maximum absolute atomic E-state index is 14.7. The van der Waals surface area contributed by atoms with E-state index in [-0.39, 0.29) is 6.10 Å². The molecule has 0 fully saturated rings. The van der Waals surface area contributed by atoms with Crippen molar-refractivity contribution < 1.29 is 9.09 Å². The van der Waals surface area contributed by atoms with Gasteiger partial charge in [-0.15, -0.1) is 0 Å². The Bertz CT molecular complexity index is 1060. The molecular formula is C24H27Cl2N2O2P. The predicted molar refractivity (Wildman–Crippen MR) is 133 cm³/mol. The highest BCUT2D eigenvalue weighted by Crippen LogP contribution is 2.60. The predicted octanol–water partition coefficient (Wildman–Crippen LogP) is 7.20. The van der Waals surface area contributed by atoms with Gasteiger partial charge in [-0.1, -0.05) is 47.5 Å². The Morgan fingerprint density at radius 3 is 2.13 bits per heavy atom. The van der Waals surface area contributed by atoms with Crippen molar-refractivity contribution in [3.63, 3.8) is 0 Å². The SMILES string of the molecule is CC(C)OP(=O)(c1ccc(N(C)C)cc1)C(Nc1ccccc1)c1ccc(Cl)cc1Cl. The molecule has 0 heterocycles. The second-order valence-electron chi connectivity index (χ2n) is 7.74. The average molecular weight is 477 g/mol. The third kappa shape index (κ3) is 5.64. The summed E-state index contributed by atoms with van der Waals surface area (Å²) in [6, 6.07) is 22.4. The minimum absolute atomic E-state index is 0.259. The van der Waals surface area contributed by atoms with Gasteiger partial charge in [-0.2, -0.15) is 0 Å². The summed E-state index contributed by atoms with van der Waals surface area (Å²) in [6.45, 7) is 3.76. The summed E-state index contributed by atoms with van der Waals surface area (Å²) in [5, 5.41) is 4.97. The number of rotatable bonds is 8. The van der Waals surface area contributed by atoms with Gasteiger partial charge in [0.2, 0.25) is 0 Å². The summed E-state index contributed by atoms with van der Waals surface area (Å²) < 4.78 is 20.8. The lowest BCUT2D eigenvalue weighted by Crippen LogP contribution is -2.23. The lowest BCUT2D eigenvalue weighted by atomic mass is 10.2. The van der Waals surface area contributed by atoms with Crippen LogP contribution in [0.15, 0.2) is 72.8 Å². The Morgan fingerprint density at radius 1 is 0.935 bits per heavy atom. The zero-order valence-corrected chi connectivity index (χ0v) is 20.5. The molecule has 2 atom stereocenters. The standard InChI is InChI=1S/C24H27Cl2N2O2P/c1-17(2)30-31(29,21-13-11-20(12-14-21)28(3)4)24(27-19-8-6-5-7-9-19)22-15-10-18(25)16-23(22)26/h5-17,24,27H,1-4H3. The molecule has 3 rings (SSSR count). The van der Waals surface area contributed by atoms with Gasteiger partial charge in [0.25, 0.3) is 7.37 Å². The van der Waals surface area contributed by atoms with E-state index in [0.717, 1.165) is 11.4 Å². The van der Waals surface area contributed by atoms with Crippen LogP contribution in [0.1, 0.15) is 25.2 Å². The topological polar surface area (TPSA) is 41.6 Å². The van der Waals surface area contributed by atoms with Crippen LogP contribution in [0.4, 0.5) is 11.4 Å². The van der Waals surface area contributed by atoms with Crippen LogP contribution in [0.2, 0.25) is 10.0 Å². The molecule has 0 aliphatic carbocycles. The van der Waals surface area contributed by atoms with E-state index in [0.29, 0.717) is 20.9 Å². The van der Waals surface area contributed by atoms with E-state index in [1.807, 2.05) is 87.4 Å². The second kappa shape index (κ2) is 10.1. The Kier molecular flexibility index (Phi) is 7.72. The fraction of sp³-hybridized carbons (Fsp3) is 0.250. The first-order valence-corrected chi connectivity index (χ1v) is 12.5. The van der Waals surface area contributed by atoms with Crippen LogP contribution >= 0.6 is 30.6 Å². The monoisotopic (exact) mass is 476 g/mol. The van der Waals surface area contributed by atoms with E-state index >= 15 is 0 Å². The van der Waals surface area contributed by atoms with Crippen LogP contribution in [0.25, 0.3) is 0 Å². The first-order chi connectivity index (χ1) is 14.7. The first-order valence-electron chi connectivity index (χ1n) is 10.0. The van der Waals surface area contributed by atoms with Crippen LogP contribution in [0.3, 0.4) is 0 Å². The molecular weight excluding hydrogens is 450 g/mol. The van der Waals surface area contributed by atoms with Gasteiger partial charge in [0.1, 0.15) is 5.78 Å². The Morgan fingerprint density at radius 2 is 1.58 bits per heavy atom. The molecule has 4 nitrogen and oxygen atoms in total. The Balaban J connectivity index is 2.17. The molecule has 3 aromatic rings. The van der Waals surface area contributed by atoms with Crippen molar-refractivity contribution in [3.8, 4) is 0 Å². The highest BCUT2D eigenvalue weighted by molar-refractivity contribution is 7.67. The fourth-order valence-corrected chi connectivity index (χ4v) is 6.54. The molecule has 0 aliphatic rings. The van der Waals surface area contributed by atoms with E-state index in [1.165, 1.54) is 0 Å². The van der Waals surface area contributed by atoms with Crippen LogP contribution in [0, 0.1) is 0 Å². The largest absolute Gasteiger partial charge is 0.378 e. The molecule has 1 N–H and O–H groups in total. The summed E-state index contributed by atoms with van der Waals surface area (Å²) in [7, 11) is 0.455. The molecule has 0 saturated heterocycles. The summed E-state index contributed by atoms with van der Waals surface area (Å²) >= 11 is 12.7. The van der Waals surface area contributed by atoms with Crippen LogP contribution < -0.4 is 15.5 Å². The minimum atomic E-state index is -3.47. The lowest BCUT2D eigenvalue weighted by Gasteiger charge is -2.32. The van der Waals surface area contributed by atoms with Gasteiger partial charge >= 0.3 is 0 Å². The lowest BCUT2D eigenvalue weighted by molar-refractivity contribution is 0.245. The molecule has 0 saturated carbocycles. The molecule has 0 spiro atoms. The quantitative estimate of drug-likeness (QED) is 0.349. The van der Waals surface area contributed by atoms with Crippen molar-refractivity contribution in [1.29, 1.82) is 0 Å². The molecule has 0 amide bonds. The number of halogens is 2. The van der Waals surface area contributed by atoms with Gasteiger partial charge in [-0.3, -0.25) is 4.57 Å². The van der Waals surface area contributed by atoms with E-state index in [4.69, 9.17) is 27.7 Å². The second-order valence-corrected chi connectivity index (χ2v) is 11.0. The van der Waals surface area contributed by atoms with Crippen molar-refractivity contribution in [2.45, 2.75) is 25.7 Å². The summed E-state index contributed by atoms with van der Waals surface area (Å²) in [6.07, 6.45) is -0.259. The highest BCUT2D eigenvalue weighted by Gasteiger charge is 2.39. The molecule has 164 valence electrons. The molecule has 0 aromatic heterocycles. The van der Waals surface area contributed by atoms with Crippen LogP contribution in [-0.2, 0) is 9.09 Å². The summed E-state index contributed by atoms with van der Waals surface area (Å²) in [5.74, 6) is -0.702. The number of hydrogen-bond acceptors (Lipinski definition) is 4. The normalized spacial score (nSPS) is 14.2. The van der Waals surface area contributed by atoms with Gasteiger partial charge in [0.05, 0.1) is 6.10 Å². The van der Waals surface area contributed by atoms with E-state index in [1.54, 1.807) is 18.2 Å². The number of nitrogens with zero attached hydrogens (tertiary/aromatic N) is 1. The Hall–Kier alpha value is -1.97. The average Bonchev–Trinajstić information content (AvgIpc) is 2.73. The van der Waals surface area contributed by atoms with Crippen molar-refractivity contribution in [2.24, 2.45) is 0 Å². The van der Waals surface area contributed by atoms with Crippen molar-refractivity contribution in [1.82, 2.24) is 0 Å². The zero-order chi connectivity index (χ0) is 22.6. The molecule has 3 aromatic carbocycles. The summed E-state index contributed by atoms with van der Waals surface area (Å²) in [5.41, 5.74) is 2.49. The minimum Gasteiger partial charge on any atom is -0.378 e. The number of para-hydroxylation sites is 1. The van der Waals surface area contributed by atoms with E-state index in [2.05, 4.69) is 5.32 Å². The van der Waals surface area contributed by atoms with Gasteiger partial charge in [0.15, 0.2) is 0 Å². The third-order valence-corrected chi connectivity index (χ3v) is 8.17.